The molecule has 0 aromatic heterocycles. The number of hydrogen-bond acceptors (Lipinski definition) is 3. The molecule has 0 aliphatic carbocycles. The molecule has 6 heteroatoms. The number of phenols is 1. The number of methoxy groups -OCH3 is 1. The van der Waals surface area contributed by atoms with Gasteiger partial charge in [0, 0.05) is 18.7 Å². The summed E-state index contributed by atoms with van der Waals surface area (Å²) in [4.78, 5) is 4.47. The minimum Gasteiger partial charge on any atom is -0.508 e. The van der Waals surface area contributed by atoms with E-state index in [4.69, 9.17) is 4.74 Å². The largest absolute Gasteiger partial charge is 0.508 e. The summed E-state index contributed by atoms with van der Waals surface area (Å²) in [6.07, 6.45) is 2.25. The predicted molar refractivity (Wildman–Crippen MR) is 97.8 cm³/mol. The number of guanidine groups is 1. The number of aromatic hydroxyl groups is 1. The molecule has 21 heavy (non-hydrogen) atoms. The molecule has 0 aliphatic rings. The van der Waals surface area contributed by atoms with Crippen molar-refractivity contribution in [1.29, 1.82) is 0 Å². The van der Waals surface area contributed by atoms with Crippen LogP contribution in [-0.2, 0) is 6.54 Å². The van der Waals surface area contributed by atoms with Crippen LogP contribution in [0.2, 0.25) is 0 Å². The second-order valence-electron chi connectivity index (χ2n) is 4.47. The van der Waals surface area contributed by atoms with Gasteiger partial charge in [0.15, 0.2) is 5.96 Å². The number of rotatable bonds is 7. The first-order chi connectivity index (χ1) is 9.71. The molecular formula is C15H26IN3O2. The van der Waals surface area contributed by atoms with Crippen molar-refractivity contribution in [3.05, 3.63) is 23.8 Å². The molecule has 3 N–H and O–H groups in total. The molecule has 0 bridgehead atoms. The summed E-state index contributed by atoms with van der Waals surface area (Å²) in [5.74, 6) is 1.72. The summed E-state index contributed by atoms with van der Waals surface area (Å²) >= 11 is 0. The Morgan fingerprint density at radius 3 is 2.67 bits per heavy atom. The van der Waals surface area contributed by atoms with E-state index in [-0.39, 0.29) is 29.7 Å². The normalized spacial score (nSPS) is 10.7. The van der Waals surface area contributed by atoms with Gasteiger partial charge in [0.25, 0.3) is 0 Å². The van der Waals surface area contributed by atoms with E-state index >= 15 is 0 Å². The molecule has 0 unspecified atom stereocenters. The highest BCUT2D eigenvalue weighted by molar-refractivity contribution is 14.0. The summed E-state index contributed by atoms with van der Waals surface area (Å²) in [5.41, 5.74) is 0.747. The van der Waals surface area contributed by atoms with Crippen molar-refractivity contribution >= 4 is 29.9 Å². The van der Waals surface area contributed by atoms with Crippen molar-refractivity contribution in [2.45, 2.75) is 33.2 Å². The average Bonchev–Trinajstić information content (AvgIpc) is 2.46. The van der Waals surface area contributed by atoms with Crippen LogP contribution in [0.5, 0.6) is 11.5 Å². The number of ether oxygens (including phenoxy) is 1. The van der Waals surface area contributed by atoms with Crippen molar-refractivity contribution in [3.8, 4) is 11.5 Å². The monoisotopic (exact) mass is 407 g/mol. The molecule has 0 atom stereocenters. The Balaban J connectivity index is 0.00000400. The maximum Gasteiger partial charge on any atom is 0.191 e. The minimum atomic E-state index is 0. The van der Waals surface area contributed by atoms with Crippen LogP contribution in [0.3, 0.4) is 0 Å². The Morgan fingerprint density at radius 1 is 1.29 bits per heavy atom. The smallest absolute Gasteiger partial charge is 0.191 e. The lowest BCUT2D eigenvalue weighted by Gasteiger charge is -2.11. The molecule has 0 amide bonds. The highest BCUT2D eigenvalue weighted by Crippen LogP contribution is 2.23. The van der Waals surface area contributed by atoms with Crippen LogP contribution in [0.4, 0.5) is 0 Å². The first kappa shape index (κ1) is 19.8. The second kappa shape index (κ2) is 11.5. The molecule has 0 fully saturated rings. The van der Waals surface area contributed by atoms with Gasteiger partial charge in [0.2, 0.25) is 0 Å². The second-order valence-corrected chi connectivity index (χ2v) is 4.47. The highest BCUT2D eigenvalue weighted by Gasteiger charge is 2.03. The summed E-state index contributed by atoms with van der Waals surface area (Å²) in [6.45, 7) is 6.29. The van der Waals surface area contributed by atoms with E-state index in [9.17, 15) is 5.11 Å². The molecule has 0 aliphatic heterocycles. The van der Waals surface area contributed by atoms with E-state index in [2.05, 4.69) is 22.5 Å². The standard InChI is InChI=1S/C15H25N3O2.HI/c1-4-6-9-17-15(16-5-2)18-11-12-10-13(20-3)7-8-14(12)19;/h7-8,10,19H,4-6,9,11H2,1-3H3,(H2,16,17,18);1H. The molecule has 0 radical (unpaired) electrons. The van der Waals surface area contributed by atoms with Gasteiger partial charge in [-0.1, -0.05) is 13.3 Å². The van der Waals surface area contributed by atoms with Gasteiger partial charge in [0.05, 0.1) is 13.7 Å². The zero-order chi connectivity index (χ0) is 14.8. The van der Waals surface area contributed by atoms with E-state index in [1.54, 1.807) is 25.3 Å². The van der Waals surface area contributed by atoms with E-state index in [0.717, 1.165) is 43.2 Å². The van der Waals surface area contributed by atoms with Crippen molar-refractivity contribution in [1.82, 2.24) is 10.6 Å². The van der Waals surface area contributed by atoms with Crippen molar-refractivity contribution in [3.63, 3.8) is 0 Å². The third-order valence-electron chi connectivity index (χ3n) is 2.86. The fourth-order valence-corrected chi connectivity index (χ4v) is 1.71. The Bertz CT molecular complexity index is 439. The van der Waals surface area contributed by atoms with Crippen molar-refractivity contribution < 1.29 is 9.84 Å². The highest BCUT2D eigenvalue weighted by atomic mass is 127. The number of nitrogens with zero attached hydrogens (tertiary/aromatic N) is 1. The number of nitrogens with one attached hydrogen (secondary N) is 2. The predicted octanol–water partition coefficient (Wildman–Crippen LogP) is 2.87. The molecule has 120 valence electrons. The van der Waals surface area contributed by atoms with Gasteiger partial charge in [-0.05, 0) is 31.5 Å². The van der Waals surface area contributed by atoms with Crippen LogP contribution in [-0.4, -0.2) is 31.3 Å². The number of phenolic OH excluding ortho intramolecular Hbond substituents is 1. The van der Waals surface area contributed by atoms with E-state index in [1.807, 2.05) is 6.92 Å². The average molecular weight is 407 g/mol. The number of unbranched alkanes of at least 4 members (excludes halogenated alkanes) is 1. The number of halogens is 1. The summed E-state index contributed by atoms with van der Waals surface area (Å²) in [6, 6.07) is 5.16. The van der Waals surface area contributed by atoms with Crippen molar-refractivity contribution in [2.75, 3.05) is 20.2 Å². The van der Waals surface area contributed by atoms with Crippen molar-refractivity contribution in [2.24, 2.45) is 4.99 Å². The zero-order valence-electron chi connectivity index (χ0n) is 13.0. The van der Waals surface area contributed by atoms with Crippen LogP contribution in [0.15, 0.2) is 23.2 Å². The first-order valence-electron chi connectivity index (χ1n) is 7.09. The van der Waals surface area contributed by atoms with E-state index < -0.39 is 0 Å². The molecule has 5 nitrogen and oxygen atoms in total. The zero-order valence-corrected chi connectivity index (χ0v) is 15.3. The van der Waals surface area contributed by atoms with E-state index in [1.165, 1.54) is 0 Å². The molecule has 0 heterocycles. The third kappa shape index (κ3) is 7.40. The van der Waals surface area contributed by atoms with E-state index in [0.29, 0.717) is 6.54 Å². The van der Waals surface area contributed by atoms with Gasteiger partial charge < -0.3 is 20.5 Å². The molecular weight excluding hydrogens is 381 g/mol. The Morgan fingerprint density at radius 2 is 2.05 bits per heavy atom. The Labute approximate surface area is 144 Å². The molecule has 1 aromatic carbocycles. The fourth-order valence-electron chi connectivity index (χ4n) is 1.71. The lowest BCUT2D eigenvalue weighted by Crippen LogP contribution is -2.37. The van der Waals surface area contributed by atoms with Gasteiger partial charge in [-0.3, -0.25) is 0 Å². The first-order valence-corrected chi connectivity index (χ1v) is 7.09. The van der Waals surface area contributed by atoms with Crippen LogP contribution in [0, 0.1) is 0 Å². The number of aliphatic imine (C=N–C) groups is 1. The summed E-state index contributed by atoms with van der Waals surface area (Å²) < 4.78 is 5.15. The number of hydrogen-bond donors (Lipinski definition) is 3. The molecule has 1 aromatic rings. The molecule has 0 saturated carbocycles. The lowest BCUT2D eigenvalue weighted by molar-refractivity contribution is 0.411. The topological polar surface area (TPSA) is 65.9 Å². The van der Waals surface area contributed by atoms with Gasteiger partial charge in [0.1, 0.15) is 11.5 Å². The molecule has 0 saturated heterocycles. The summed E-state index contributed by atoms with van der Waals surface area (Å²) in [7, 11) is 1.61. The maximum atomic E-state index is 9.82. The molecule has 0 spiro atoms. The SMILES string of the molecule is CCCCNC(=NCc1cc(OC)ccc1O)NCC.I. The molecule has 1 rings (SSSR count). The number of benzene rings is 1. The quantitative estimate of drug-likeness (QED) is 0.282. The van der Waals surface area contributed by atoms with Crippen LogP contribution >= 0.6 is 24.0 Å². The van der Waals surface area contributed by atoms with Gasteiger partial charge in [-0.2, -0.15) is 0 Å². The Hall–Kier alpha value is -1.18. The summed E-state index contributed by atoms with van der Waals surface area (Å²) in [5, 5.41) is 16.3. The minimum absolute atomic E-state index is 0. The van der Waals surface area contributed by atoms with Crippen LogP contribution in [0.1, 0.15) is 32.3 Å². The maximum absolute atomic E-state index is 9.82. The van der Waals surface area contributed by atoms with Gasteiger partial charge in [-0.15, -0.1) is 24.0 Å². The third-order valence-corrected chi connectivity index (χ3v) is 2.86. The lowest BCUT2D eigenvalue weighted by atomic mass is 10.2. The van der Waals surface area contributed by atoms with Gasteiger partial charge in [-0.25, -0.2) is 4.99 Å². The fraction of sp³-hybridized carbons (Fsp3) is 0.533. The Kier molecular flexibility index (Phi) is 10.8. The van der Waals surface area contributed by atoms with Gasteiger partial charge >= 0.3 is 0 Å². The van der Waals surface area contributed by atoms with Crippen LogP contribution < -0.4 is 15.4 Å². The van der Waals surface area contributed by atoms with Crippen LogP contribution in [0.25, 0.3) is 0 Å².